The lowest BCUT2D eigenvalue weighted by Crippen LogP contribution is -2.55. The summed E-state index contributed by atoms with van der Waals surface area (Å²) in [5.41, 5.74) is -0.00391. The molecule has 2 aliphatic heterocycles. The maximum absolute atomic E-state index is 13.7. The van der Waals surface area contributed by atoms with Crippen LogP contribution in [0.4, 0.5) is 10.5 Å². The minimum absolute atomic E-state index is 0.370. The molecule has 0 bridgehead atoms. The Kier molecular flexibility index (Phi) is 4.12. The molecule has 0 aliphatic carbocycles. The van der Waals surface area contributed by atoms with Crippen LogP contribution in [0.25, 0.3) is 5.57 Å². The highest BCUT2D eigenvalue weighted by Gasteiger charge is 2.63. The van der Waals surface area contributed by atoms with Gasteiger partial charge in [0.15, 0.2) is 5.54 Å². The fraction of sp³-hybridized carbons (Fsp3) is 0.261. The number of anilines is 1. The Hall–Kier alpha value is -3.41. The first kappa shape index (κ1) is 18.9. The summed E-state index contributed by atoms with van der Waals surface area (Å²) in [6, 6.07) is 16.4. The van der Waals surface area contributed by atoms with E-state index in [9.17, 15) is 14.4 Å². The number of ether oxygens (including phenoxy) is 1. The van der Waals surface area contributed by atoms with Gasteiger partial charge in [-0.3, -0.25) is 9.59 Å². The Labute approximate surface area is 169 Å². The molecule has 0 aromatic heterocycles. The third-order valence-electron chi connectivity index (χ3n) is 5.14. The first-order valence-corrected chi connectivity index (χ1v) is 9.40. The van der Waals surface area contributed by atoms with Crippen molar-refractivity contribution >= 4 is 29.2 Å². The van der Waals surface area contributed by atoms with Gasteiger partial charge in [0.1, 0.15) is 5.60 Å². The molecule has 0 saturated heterocycles. The Morgan fingerprint density at radius 2 is 1.59 bits per heavy atom. The summed E-state index contributed by atoms with van der Waals surface area (Å²) in [5, 5.41) is 0. The average molecular weight is 390 g/mol. The summed E-state index contributed by atoms with van der Waals surface area (Å²) in [6.07, 6.45) is 0.524. The van der Waals surface area contributed by atoms with Crippen LogP contribution in [0.15, 0.2) is 60.7 Å². The standard InChI is InChI=1S/C23H22N2O4/c1-22(2,3)29-21(28)25-19(26)14-17(15-10-6-5-7-11-15)23(25)16-12-8-9-13-18(16)24(4)20(23)27/h5-14H,1-4H3/t23-/m1/s1. The number of amides is 3. The highest BCUT2D eigenvalue weighted by atomic mass is 16.6. The van der Waals surface area contributed by atoms with Crippen molar-refractivity contribution in [2.24, 2.45) is 0 Å². The smallest absolute Gasteiger partial charge is 0.418 e. The topological polar surface area (TPSA) is 66.9 Å². The van der Waals surface area contributed by atoms with Crippen LogP contribution in [0.2, 0.25) is 0 Å². The van der Waals surface area contributed by atoms with Gasteiger partial charge in [-0.2, -0.15) is 0 Å². The third kappa shape index (κ3) is 2.67. The van der Waals surface area contributed by atoms with Crippen molar-refractivity contribution < 1.29 is 19.1 Å². The summed E-state index contributed by atoms with van der Waals surface area (Å²) < 4.78 is 5.52. The number of likely N-dealkylation sites (N-methyl/N-ethyl adjacent to an activating group) is 1. The van der Waals surface area contributed by atoms with Crippen molar-refractivity contribution in [3.63, 3.8) is 0 Å². The van der Waals surface area contributed by atoms with E-state index in [1.165, 1.54) is 11.0 Å². The van der Waals surface area contributed by atoms with Gasteiger partial charge in [0, 0.05) is 29.9 Å². The van der Waals surface area contributed by atoms with Gasteiger partial charge in [0.05, 0.1) is 0 Å². The molecule has 2 aromatic carbocycles. The van der Waals surface area contributed by atoms with Crippen LogP contribution < -0.4 is 4.90 Å². The van der Waals surface area contributed by atoms with Gasteiger partial charge in [0.25, 0.3) is 11.8 Å². The van der Waals surface area contributed by atoms with Crippen molar-refractivity contribution in [3.05, 3.63) is 71.8 Å². The molecule has 2 heterocycles. The molecule has 0 fully saturated rings. The Bertz CT molecular complexity index is 1050. The molecule has 0 radical (unpaired) electrons. The molecule has 148 valence electrons. The van der Waals surface area contributed by atoms with Crippen molar-refractivity contribution in [3.8, 4) is 0 Å². The van der Waals surface area contributed by atoms with E-state index in [0.717, 1.165) is 4.90 Å². The van der Waals surface area contributed by atoms with Gasteiger partial charge < -0.3 is 9.64 Å². The number of benzene rings is 2. The molecule has 1 spiro atoms. The van der Waals surface area contributed by atoms with E-state index < -0.39 is 23.1 Å². The van der Waals surface area contributed by atoms with Gasteiger partial charge in [-0.25, -0.2) is 9.69 Å². The van der Waals surface area contributed by atoms with Crippen molar-refractivity contribution in [1.29, 1.82) is 0 Å². The monoisotopic (exact) mass is 390 g/mol. The predicted molar refractivity (Wildman–Crippen MR) is 109 cm³/mol. The van der Waals surface area contributed by atoms with Gasteiger partial charge in [-0.05, 0) is 32.4 Å². The zero-order valence-electron chi connectivity index (χ0n) is 16.8. The summed E-state index contributed by atoms with van der Waals surface area (Å²) in [6.45, 7) is 5.17. The number of hydrogen-bond donors (Lipinski definition) is 0. The van der Waals surface area contributed by atoms with Crippen LogP contribution in [-0.4, -0.2) is 35.5 Å². The first-order valence-electron chi connectivity index (χ1n) is 9.40. The number of nitrogens with zero attached hydrogens (tertiary/aromatic N) is 2. The quantitative estimate of drug-likeness (QED) is 0.744. The van der Waals surface area contributed by atoms with E-state index in [1.807, 2.05) is 36.4 Å². The van der Waals surface area contributed by atoms with Crippen LogP contribution in [-0.2, 0) is 19.9 Å². The molecule has 6 heteroatoms. The van der Waals surface area contributed by atoms with E-state index in [-0.39, 0.29) is 5.91 Å². The minimum atomic E-state index is -1.59. The predicted octanol–water partition coefficient (Wildman–Crippen LogP) is 3.72. The van der Waals surface area contributed by atoms with E-state index in [1.54, 1.807) is 46.0 Å². The summed E-state index contributed by atoms with van der Waals surface area (Å²) in [7, 11) is 1.65. The highest BCUT2D eigenvalue weighted by Crippen LogP contribution is 2.54. The molecular weight excluding hydrogens is 368 g/mol. The second-order valence-corrected chi connectivity index (χ2v) is 8.17. The lowest BCUT2D eigenvalue weighted by Gasteiger charge is -2.36. The molecule has 2 aromatic rings. The van der Waals surface area contributed by atoms with E-state index >= 15 is 0 Å². The molecule has 0 unspecified atom stereocenters. The molecule has 1 atom stereocenters. The molecule has 3 amide bonds. The number of imide groups is 1. The van der Waals surface area contributed by atoms with E-state index in [2.05, 4.69) is 0 Å². The van der Waals surface area contributed by atoms with Gasteiger partial charge >= 0.3 is 6.09 Å². The molecule has 2 aliphatic rings. The number of hydrogen-bond acceptors (Lipinski definition) is 4. The summed E-state index contributed by atoms with van der Waals surface area (Å²) >= 11 is 0. The number of fused-ring (bicyclic) bond motifs is 2. The number of carbonyl (C=O) groups is 3. The molecule has 6 nitrogen and oxygen atoms in total. The van der Waals surface area contributed by atoms with Crippen LogP contribution in [0.1, 0.15) is 31.9 Å². The number of carbonyl (C=O) groups excluding carboxylic acids is 3. The highest BCUT2D eigenvalue weighted by molar-refractivity contribution is 6.25. The van der Waals surface area contributed by atoms with Gasteiger partial charge in [-0.15, -0.1) is 0 Å². The SMILES string of the molecule is CN1C(=O)[C@]2(C(c3ccccc3)=CC(=O)N2C(=O)OC(C)(C)C)c2ccccc21. The summed E-state index contributed by atoms with van der Waals surface area (Å²) in [5.74, 6) is -0.943. The Morgan fingerprint density at radius 1 is 0.966 bits per heavy atom. The van der Waals surface area contributed by atoms with Crippen molar-refractivity contribution in [2.45, 2.75) is 31.9 Å². The van der Waals surface area contributed by atoms with Crippen LogP contribution in [0.5, 0.6) is 0 Å². The molecule has 4 rings (SSSR count). The third-order valence-corrected chi connectivity index (χ3v) is 5.14. The normalized spacial score (nSPS) is 20.9. The summed E-state index contributed by atoms with van der Waals surface area (Å²) in [4.78, 5) is 42.4. The number of para-hydroxylation sites is 1. The average Bonchev–Trinajstić information content (AvgIpc) is 3.10. The second-order valence-electron chi connectivity index (χ2n) is 8.17. The Morgan fingerprint density at radius 3 is 2.24 bits per heavy atom. The first-order chi connectivity index (χ1) is 13.7. The molecular formula is C23H22N2O4. The molecule has 29 heavy (non-hydrogen) atoms. The fourth-order valence-electron chi connectivity index (χ4n) is 4.04. The van der Waals surface area contributed by atoms with E-state index in [0.29, 0.717) is 22.4 Å². The van der Waals surface area contributed by atoms with Crippen LogP contribution in [0.3, 0.4) is 0 Å². The lowest BCUT2D eigenvalue weighted by molar-refractivity contribution is -0.136. The van der Waals surface area contributed by atoms with Crippen molar-refractivity contribution in [1.82, 2.24) is 4.90 Å². The van der Waals surface area contributed by atoms with Gasteiger partial charge in [0.2, 0.25) is 0 Å². The van der Waals surface area contributed by atoms with Crippen LogP contribution in [0, 0.1) is 0 Å². The van der Waals surface area contributed by atoms with Crippen LogP contribution >= 0.6 is 0 Å². The Balaban J connectivity index is 1.99. The second kappa shape index (κ2) is 6.30. The maximum Gasteiger partial charge on any atom is 0.418 e. The lowest BCUT2D eigenvalue weighted by atomic mass is 9.81. The fourth-order valence-corrected chi connectivity index (χ4v) is 4.04. The zero-order valence-corrected chi connectivity index (χ0v) is 16.8. The van der Waals surface area contributed by atoms with Gasteiger partial charge in [-0.1, -0.05) is 48.5 Å². The molecule has 0 N–H and O–H groups in total. The molecule has 0 saturated carbocycles. The van der Waals surface area contributed by atoms with Crippen molar-refractivity contribution in [2.75, 3.05) is 11.9 Å². The number of rotatable bonds is 1. The minimum Gasteiger partial charge on any atom is -0.443 e. The zero-order chi connectivity index (χ0) is 21.0. The largest absolute Gasteiger partial charge is 0.443 e. The maximum atomic E-state index is 13.7. The van der Waals surface area contributed by atoms with E-state index in [4.69, 9.17) is 4.74 Å².